The molecule has 2 heterocycles. The maximum absolute atomic E-state index is 13.3. The second kappa shape index (κ2) is 8.44. The molecule has 2 fully saturated rings. The van der Waals surface area contributed by atoms with Gasteiger partial charge in [0.25, 0.3) is 5.56 Å². The van der Waals surface area contributed by atoms with Crippen molar-refractivity contribution in [2.75, 3.05) is 0 Å². The molecule has 1 N–H and O–H groups in total. The summed E-state index contributed by atoms with van der Waals surface area (Å²) in [6, 6.07) is 0. The fourth-order valence-electron chi connectivity index (χ4n) is 5.04. The SMILES string of the molecule is O=c1c2[nH]cnc2n(CC2CCCCCC2)c(=O)n1CC1CCCCCC1. The van der Waals surface area contributed by atoms with Gasteiger partial charge in [0.15, 0.2) is 5.65 Å². The van der Waals surface area contributed by atoms with E-state index < -0.39 is 0 Å². The quantitative estimate of drug-likeness (QED) is 0.829. The van der Waals surface area contributed by atoms with Gasteiger partial charge in [-0.15, -0.1) is 0 Å². The van der Waals surface area contributed by atoms with Crippen LogP contribution < -0.4 is 11.2 Å². The summed E-state index contributed by atoms with van der Waals surface area (Å²) in [6.07, 6.45) is 16.2. The summed E-state index contributed by atoms with van der Waals surface area (Å²) in [5.41, 5.74) is 0.658. The standard InChI is InChI=1S/C21H32N4O2/c26-20-18-19(23-15-22-18)24(13-16-9-5-1-2-6-10-16)21(27)25(20)14-17-11-7-3-4-8-12-17/h15-17H,1-14H2,(H,22,23). The first-order valence-electron chi connectivity index (χ1n) is 10.9. The minimum atomic E-state index is -0.200. The topological polar surface area (TPSA) is 72.7 Å². The predicted octanol–water partition coefficient (Wildman–Crippen LogP) is 3.83. The summed E-state index contributed by atoms with van der Waals surface area (Å²) >= 11 is 0. The van der Waals surface area contributed by atoms with Gasteiger partial charge in [-0.25, -0.2) is 9.78 Å². The number of aromatic amines is 1. The Balaban J connectivity index is 1.68. The van der Waals surface area contributed by atoms with Gasteiger partial charge in [0.1, 0.15) is 5.52 Å². The Morgan fingerprint density at radius 2 is 1.33 bits per heavy atom. The molecule has 0 spiro atoms. The van der Waals surface area contributed by atoms with Crippen molar-refractivity contribution in [1.29, 1.82) is 0 Å². The van der Waals surface area contributed by atoms with Gasteiger partial charge in [-0.2, -0.15) is 0 Å². The molecular formula is C21H32N4O2. The van der Waals surface area contributed by atoms with Crippen LogP contribution in [-0.2, 0) is 13.1 Å². The highest BCUT2D eigenvalue weighted by Gasteiger charge is 2.22. The van der Waals surface area contributed by atoms with Crippen molar-refractivity contribution in [3.05, 3.63) is 27.2 Å². The highest BCUT2D eigenvalue weighted by atomic mass is 16.2. The molecule has 0 aromatic carbocycles. The maximum Gasteiger partial charge on any atom is 0.332 e. The zero-order chi connectivity index (χ0) is 18.6. The first kappa shape index (κ1) is 18.5. The number of aromatic nitrogens is 4. The van der Waals surface area contributed by atoms with Crippen LogP contribution in [0.3, 0.4) is 0 Å². The van der Waals surface area contributed by atoms with Crippen LogP contribution >= 0.6 is 0 Å². The highest BCUT2D eigenvalue weighted by Crippen LogP contribution is 2.25. The Bertz CT molecular complexity index is 862. The van der Waals surface area contributed by atoms with Crippen LogP contribution in [-0.4, -0.2) is 19.1 Å². The summed E-state index contributed by atoms with van der Waals surface area (Å²) in [5.74, 6) is 0.943. The first-order valence-corrected chi connectivity index (χ1v) is 10.9. The van der Waals surface area contributed by atoms with E-state index in [1.165, 1.54) is 68.8 Å². The van der Waals surface area contributed by atoms with E-state index in [0.29, 0.717) is 36.1 Å². The normalized spacial score (nSPS) is 20.6. The molecule has 2 aliphatic carbocycles. The average molecular weight is 373 g/mol. The number of imidazole rings is 1. The monoisotopic (exact) mass is 372 g/mol. The number of rotatable bonds is 4. The molecule has 0 radical (unpaired) electrons. The van der Waals surface area contributed by atoms with Crippen molar-refractivity contribution in [1.82, 2.24) is 19.1 Å². The first-order chi connectivity index (χ1) is 13.2. The summed E-state index contributed by atoms with van der Waals surface area (Å²) in [7, 11) is 0. The molecule has 0 saturated heterocycles. The van der Waals surface area contributed by atoms with Crippen LogP contribution in [0, 0.1) is 11.8 Å². The third-order valence-corrected chi connectivity index (χ3v) is 6.63. The summed E-state index contributed by atoms with van der Waals surface area (Å²) < 4.78 is 3.27. The summed E-state index contributed by atoms with van der Waals surface area (Å²) in [4.78, 5) is 33.6. The van der Waals surface area contributed by atoms with Crippen LogP contribution in [0.25, 0.3) is 11.2 Å². The van der Waals surface area contributed by atoms with Gasteiger partial charge in [0.05, 0.1) is 6.33 Å². The minimum absolute atomic E-state index is 0.159. The molecule has 0 bridgehead atoms. The Labute approximate surface area is 160 Å². The number of nitrogens with one attached hydrogen (secondary N) is 1. The van der Waals surface area contributed by atoms with Crippen molar-refractivity contribution in [2.45, 2.75) is 90.1 Å². The fraction of sp³-hybridized carbons (Fsp3) is 0.762. The van der Waals surface area contributed by atoms with Gasteiger partial charge in [-0.1, -0.05) is 51.4 Å². The van der Waals surface area contributed by atoms with E-state index in [2.05, 4.69) is 9.97 Å². The van der Waals surface area contributed by atoms with Gasteiger partial charge >= 0.3 is 5.69 Å². The molecular weight excluding hydrogens is 340 g/mol. The van der Waals surface area contributed by atoms with E-state index in [-0.39, 0.29) is 11.2 Å². The van der Waals surface area contributed by atoms with E-state index >= 15 is 0 Å². The molecule has 2 aliphatic rings. The van der Waals surface area contributed by atoms with E-state index in [1.54, 1.807) is 10.9 Å². The Hall–Kier alpha value is -1.85. The second-order valence-corrected chi connectivity index (χ2v) is 8.63. The van der Waals surface area contributed by atoms with E-state index in [0.717, 1.165) is 12.8 Å². The van der Waals surface area contributed by atoms with Crippen molar-refractivity contribution in [3.8, 4) is 0 Å². The lowest BCUT2D eigenvalue weighted by Crippen LogP contribution is -2.42. The lowest BCUT2D eigenvalue weighted by atomic mass is 10.00. The van der Waals surface area contributed by atoms with Gasteiger partial charge in [0.2, 0.25) is 0 Å². The molecule has 2 aromatic heterocycles. The van der Waals surface area contributed by atoms with Gasteiger partial charge < -0.3 is 4.98 Å². The number of hydrogen-bond donors (Lipinski definition) is 1. The van der Waals surface area contributed by atoms with Crippen molar-refractivity contribution >= 4 is 11.2 Å². The number of hydrogen-bond acceptors (Lipinski definition) is 3. The predicted molar refractivity (Wildman–Crippen MR) is 107 cm³/mol. The number of fused-ring (bicyclic) bond motifs is 1. The van der Waals surface area contributed by atoms with Crippen LogP contribution in [0.5, 0.6) is 0 Å². The van der Waals surface area contributed by atoms with E-state index in [1.807, 2.05) is 0 Å². The van der Waals surface area contributed by atoms with Crippen molar-refractivity contribution < 1.29 is 0 Å². The lowest BCUT2D eigenvalue weighted by molar-refractivity contribution is 0.357. The van der Waals surface area contributed by atoms with Gasteiger partial charge in [-0.05, 0) is 37.5 Å². The van der Waals surface area contributed by atoms with E-state index in [4.69, 9.17) is 0 Å². The molecule has 0 atom stereocenters. The van der Waals surface area contributed by atoms with Crippen LogP contribution in [0.4, 0.5) is 0 Å². The zero-order valence-electron chi connectivity index (χ0n) is 16.3. The van der Waals surface area contributed by atoms with Crippen molar-refractivity contribution in [2.24, 2.45) is 11.8 Å². The minimum Gasteiger partial charge on any atom is -0.339 e. The van der Waals surface area contributed by atoms with E-state index in [9.17, 15) is 9.59 Å². The third-order valence-electron chi connectivity index (χ3n) is 6.63. The largest absolute Gasteiger partial charge is 0.339 e. The average Bonchev–Trinajstić information content (AvgIpc) is 2.85. The Morgan fingerprint density at radius 3 is 1.89 bits per heavy atom. The smallest absolute Gasteiger partial charge is 0.332 e. The molecule has 0 unspecified atom stereocenters. The molecule has 148 valence electrons. The lowest BCUT2D eigenvalue weighted by Gasteiger charge is -2.19. The summed E-state index contributed by atoms with van der Waals surface area (Å²) in [6.45, 7) is 1.24. The third kappa shape index (κ3) is 4.04. The molecule has 2 aromatic rings. The molecule has 6 nitrogen and oxygen atoms in total. The van der Waals surface area contributed by atoms with Crippen LogP contribution in [0.1, 0.15) is 77.0 Å². The number of nitrogens with zero attached hydrogens (tertiary/aromatic N) is 3. The molecule has 6 heteroatoms. The van der Waals surface area contributed by atoms with Gasteiger partial charge in [0, 0.05) is 13.1 Å². The second-order valence-electron chi connectivity index (χ2n) is 8.63. The Kier molecular flexibility index (Phi) is 5.79. The zero-order valence-corrected chi connectivity index (χ0v) is 16.3. The highest BCUT2D eigenvalue weighted by molar-refractivity contribution is 5.68. The van der Waals surface area contributed by atoms with Crippen LogP contribution in [0.2, 0.25) is 0 Å². The molecule has 0 aliphatic heterocycles. The molecule has 0 amide bonds. The fourth-order valence-corrected chi connectivity index (χ4v) is 5.04. The molecule has 4 rings (SSSR count). The van der Waals surface area contributed by atoms with Gasteiger partial charge in [-0.3, -0.25) is 13.9 Å². The molecule has 2 saturated carbocycles. The van der Waals surface area contributed by atoms with Crippen LogP contribution in [0.15, 0.2) is 15.9 Å². The molecule has 27 heavy (non-hydrogen) atoms. The maximum atomic E-state index is 13.3. The number of H-pyrrole nitrogens is 1. The Morgan fingerprint density at radius 1 is 0.815 bits per heavy atom. The summed E-state index contributed by atoms with van der Waals surface area (Å²) in [5, 5.41) is 0. The van der Waals surface area contributed by atoms with Crippen molar-refractivity contribution in [3.63, 3.8) is 0 Å².